The first-order valence-corrected chi connectivity index (χ1v) is 8.65. The monoisotopic (exact) mass is 365 g/mol. The van der Waals surface area contributed by atoms with Crippen molar-refractivity contribution in [3.05, 3.63) is 95.8 Å². The van der Waals surface area contributed by atoms with Crippen LogP contribution in [0.4, 0.5) is 4.39 Å². The SMILES string of the molecule is O=C(NCc1ccc(F)cc1)c1ccccc1OCCOc1ccccc1. The standard InChI is InChI=1S/C22H20FNO3/c23-18-12-10-17(11-13-18)16-24-22(25)20-8-4-5-9-21(20)27-15-14-26-19-6-2-1-3-7-19/h1-13H,14-16H2,(H,24,25). The van der Waals surface area contributed by atoms with E-state index in [0.717, 1.165) is 11.3 Å². The average molecular weight is 365 g/mol. The number of carbonyl (C=O) groups excluding carboxylic acids is 1. The predicted molar refractivity (Wildman–Crippen MR) is 101 cm³/mol. The molecule has 0 bridgehead atoms. The maximum Gasteiger partial charge on any atom is 0.255 e. The van der Waals surface area contributed by atoms with Gasteiger partial charge in [-0.2, -0.15) is 0 Å². The summed E-state index contributed by atoms with van der Waals surface area (Å²) in [4.78, 5) is 12.5. The molecule has 0 fully saturated rings. The van der Waals surface area contributed by atoms with E-state index in [1.165, 1.54) is 12.1 Å². The highest BCUT2D eigenvalue weighted by atomic mass is 19.1. The number of carbonyl (C=O) groups is 1. The smallest absolute Gasteiger partial charge is 0.255 e. The van der Waals surface area contributed by atoms with Crippen molar-refractivity contribution >= 4 is 5.91 Å². The van der Waals surface area contributed by atoms with Gasteiger partial charge in [-0.15, -0.1) is 0 Å². The molecule has 0 heterocycles. The van der Waals surface area contributed by atoms with E-state index in [0.29, 0.717) is 31.1 Å². The van der Waals surface area contributed by atoms with E-state index in [1.807, 2.05) is 36.4 Å². The number of amides is 1. The molecule has 27 heavy (non-hydrogen) atoms. The molecule has 0 saturated heterocycles. The Morgan fingerprint density at radius 1 is 0.815 bits per heavy atom. The second-order valence-electron chi connectivity index (χ2n) is 5.82. The molecule has 0 spiro atoms. The van der Waals surface area contributed by atoms with Gasteiger partial charge < -0.3 is 14.8 Å². The van der Waals surface area contributed by atoms with Gasteiger partial charge in [-0.25, -0.2) is 4.39 Å². The molecule has 138 valence electrons. The van der Waals surface area contributed by atoms with E-state index in [4.69, 9.17) is 9.47 Å². The second kappa shape index (κ2) is 9.38. The van der Waals surface area contributed by atoms with Gasteiger partial charge in [0.1, 0.15) is 30.5 Å². The normalized spacial score (nSPS) is 10.3. The Bertz CT molecular complexity index is 866. The van der Waals surface area contributed by atoms with Crippen LogP contribution >= 0.6 is 0 Å². The fourth-order valence-corrected chi connectivity index (χ4v) is 2.49. The summed E-state index contributed by atoms with van der Waals surface area (Å²) in [5, 5.41) is 2.82. The summed E-state index contributed by atoms with van der Waals surface area (Å²) in [6.07, 6.45) is 0. The third kappa shape index (κ3) is 5.57. The van der Waals surface area contributed by atoms with Crippen molar-refractivity contribution in [2.24, 2.45) is 0 Å². The van der Waals surface area contributed by atoms with Gasteiger partial charge in [-0.1, -0.05) is 42.5 Å². The van der Waals surface area contributed by atoms with E-state index >= 15 is 0 Å². The maximum atomic E-state index is 12.9. The van der Waals surface area contributed by atoms with Crippen LogP contribution in [-0.2, 0) is 6.54 Å². The lowest BCUT2D eigenvalue weighted by atomic mass is 10.1. The third-order valence-corrected chi connectivity index (χ3v) is 3.85. The fourth-order valence-electron chi connectivity index (χ4n) is 2.49. The van der Waals surface area contributed by atoms with Crippen molar-refractivity contribution in [1.29, 1.82) is 0 Å². The Labute approximate surface area is 157 Å². The summed E-state index contributed by atoms with van der Waals surface area (Å²) < 4.78 is 24.2. The van der Waals surface area contributed by atoms with E-state index in [9.17, 15) is 9.18 Å². The molecular weight excluding hydrogens is 345 g/mol. The van der Waals surface area contributed by atoms with Crippen LogP contribution in [0.2, 0.25) is 0 Å². The molecule has 0 saturated carbocycles. The zero-order valence-corrected chi connectivity index (χ0v) is 14.7. The topological polar surface area (TPSA) is 47.6 Å². The summed E-state index contributed by atoms with van der Waals surface area (Å²) >= 11 is 0. The van der Waals surface area contributed by atoms with E-state index in [1.54, 1.807) is 30.3 Å². The summed E-state index contributed by atoms with van der Waals surface area (Å²) in [7, 11) is 0. The van der Waals surface area contributed by atoms with Gasteiger partial charge in [0.2, 0.25) is 0 Å². The van der Waals surface area contributed by atoms with E-state index in [-0.39, 0.29) is 11.7 Å². The molecule has 3 aromatic rings. The highest BCUT2D eigenvalue weighted by molar-refractivity contribution is 5.96. The van der Waals surface area contributed by atoms with Gasteiger partial charge in [0, 0.05) is 6.54 Å². The Morgan fingerprint density at radius 3 is 2.26 bits per heavy atom. The van der Waals surface area contributed by atoms with Crippen LogP contribution in [0, 0.1) is 5.82 Å². The highest BCUT2D eigenvalue weighted by Crippen LogP contribution is 2.18. The Balaban J connectivity index is 1.53. The molecule has 1 amide bonds. The number of rotatable bonds is 8. The van der Waals surface area contributed by atoms with E-state index < -0.39 is 0 Å². The Kier molecular flexibility index (Phi) is 6.41. The lowest BCUT2D eigenvalue weighted by Crippen LogP contribution is -2.23. The van der Waals surface area contributed by atoms with Gasteiger partial charge in [-0.3, -0.25) is 4.79 Å². The van der Waals surface area contributed by atoms with Crippen LogP contribution in [0.3, 0.4) is 0 Å². The van der Waals surface area contributed by atoms with Crippen molar-refractivity contribution < 1.29 is 18.7 Å². The largest absolute Gasteiger partial charge is 0.490 e. The van der Waals surface area contributed by atoms with Gasteiger partial charge in [0.05, 0.1) is 5.56 Å². The first-order valence-electron chi connectivity index (χ1n) is 8.65. The van der Waals surface area contributed by atoms with Crippen molar-refractivity contribution in [3.8, 4) is 11.5 Å². The predicted octanol–water partition coefficient (Wildman–Crippen LogP) is 4.21. The minimum atomic E-state index is -0.304. The second-order valence-corrected chi connectivity index (χ2v) is 5.82. The number of benzene rings is 3. The van der Waals surface area contributed by atoms with Gasteiger partial charge in [0.25, 0.3) is 5.91 Å². The molecule has 0 aliphatic heterocycles. The maximum absolute atomic E-state index is 12.9. The lowest BCUT2D eigenvalue weighted by molar-refractivity contribution is 0.0945. The van der Waals surface area contributed by atoms with Crippen LogP contribution in [0.5, 0.6) is 11.5 Å². The molecule has 0 unspecified atom stereocenters. The number of ether oxygens (including phenoxy) is 2. The van der Waals surface area contributed by atoms with Crippen molar-refractivity contribution in [3.63, 3.8) is 0 Å². The lowest BCUT2D eigenvalue weighted by Gasteiger charge is -2.12. The van der Waals surface area contributed by atoms with Crippen molar-refractivity contribution in [2.75, 3.05) is 13.2 Å². The fraction of sp³-hybridized carbons (Fsp3) is 0.136. The number of hydrogen-bond donors (Lipinski definition) is 1. The molecule has 0 aromatic heterocycles. The highest BCUT2D eigenvalue weighted by Gasteiger charge is 2.12. The molecule has 0 atom stereocenters. The summed E-state index contributed by atoms with van der Waals surface area (Å²) in [6.45, 7) is 0.997. The first-order chi connectivity index (χ1) is 13.2. The Hall–Kier alpha value is -3.34. The first kappa shape index (κ1) is 18.5. The molecule has 4 nitrogen and oxygen atoms in total. The van der Waals surface area contributed by atoms with Crippen LogP contribution in [0.25, 0.3) is 0 Å². The van der Waals surface area contributed by atoms with Crippen LogP contribution in [0.1, 0.15) is 15.9 Å². The Morgan fingerprint density at radius 2 is 1.48 bits per heavy atom. The molecule has 0 radical (unpaired) electrons. The van der Waals surface area contributed by atoms with E-state index in [2.05, 4.69) is 5.32 Å². The van der Waals surface area contributed by atoms with Crippen molar-refractivity contribution in [1.82, 2.24) is 5.32 Å². The number of halogens is 1. The molecule has 1 N–H and O–H groups in total. The van der Waals surface area contributed by atoms with Gasteiger partial charge in [-0.05, 0) is 42.0 Å². The number of nitrogens with one attached hydrogen (secondary N) is 1. The minimum Gasteiger partial charge on any atom is -0.490 e. The molecule has 3 rings (SSSR count). The minimum absolute atomic E-state index is 0.251. The molecule has 0 aliphatic carbocycles. The summed E-state index contributed by atoms with van der Waals surface area (Å²) in [5.74, 6) is 0.706. The van der Waals surface area contributed by atoms with Crippen LogP contribution < -0.4 is 14.8 Å². The molecular formula is C22H20FNO3. The summed E-state index contributed by atoms with van der Waals surface area (Å²) in [6, 6.07) is 22.5. The van der Waals surface area contributed by atoms with Crippen LogP contribution in [-0.4, -0.2) is 19.1 Å². The zero-order valence-electron chi connectivity index (χ0n) is 14.7. The summed E-state index contributed by atoms with van der Waals surface area (Å²) in [5.41, 5.74) is 1.26. The quantitative estimate of drug-likeness (QED) is 0.608. The zero-order chi connectivity index (χ0) is 18.9. The molecule has 0 aliphatic rings. The van der Waals surface area contributed by atoms with Crippen molar-refractivity contribution in [2.45, 2.75) is 6.54 Å². The van der Waals surface area contributed by atoms with Crippen LogP contribution in [0.15, 0.2) is 78.9 Å². The third-order valence-electron chi connectivity index (χ3n) is 3.85. The molecule has 5 heteroatoms. The number of para-hydroxylation sites is 2. The van der Waals surface area contributed by atoms with Gasteiger partial charge in [0.15, 0.2) is 0 Å². The number of hydrogen-bond acceptors (Lipinski definition) is 3. The average Bonchev–Trinajstić information content (AvgIpc) is 2.71. The van der Waals surface area contributed by atoms with Gasteiger partial charge >= 0.3 is 0 Å². The molecule has 3 aromatic carbocycles.